The molecule has 5 heteroatoms. The number of amides is 1. The highest BCUT2D eigenvalue weighted by Crippen LogP contribution is 2.24. The van der Waals surface area contributed by atoms with E-state index in [0.29, 0.717) is 31.3 Å². The van der Waals surface area contributed by atoms with E-state index in [0.717, 1.165) is 38.9 Å². The van der Waals surface area contributed by atoms with Crippen molar-refractivity contribution < 1.29 is 14.7 Å². The predicted octanol–water partition coefficient (Wildman–Crippen LogP) is 2.51. The van der Waals surface area contributed by atoms with Gasteiger partial charge in [-0.2, -0.15) is 0 Å². The number of carboxylic acids is 1. The van der Waals surface area contributed by atoms with Gasteiger partial charge in [-0.1, -0.05) is 37.3 Å². The van der Waals surface area contributed by atoms with Crippen molar-refractivity contribution in [1.82, 2.24) is 9.80 Å². The van der Waals surface area contributed by atoms with Crippen molar-refractivity contribution in [2.75, 3.05) is 32.7 Å². The summed E-state index contributed by atoms with van der Waals surface area (Å²) in [4.78, 5) is 28.0. The van der Waals surface area contributed by atoms with E-state index in [1.165, 1.54) is 5.56 Å². The van der Waals surface area contributed by atoms with Crippen LogP contribution >= 0.6 is 0 Å². The Morgan fingerprint density at radius 3 is 2.46 bits per heavy atom. The van der Waals surface area contributed by atoms with Crippen molar-refractivity contribution in [2.24, 2.45) is 17.8 Å². The number of nitrogens with zero attached hydrogens (tertiary/aromatic N) is 2. The third-order valence-corrected chi connectivity index (χ3v) is 5.78. The number of aliphatic carboxylic acids is 1. The maximum Gasteiger partial charge on any atom is 0.307 e. The number of carbonyl (C=O) groups excluding carboxylic acids is 1. The molecule has 2 heterocycles. The van der Waals surface area contributed by atoms with Gasteiger partial charge in [0.15, 0.2) is 0 Å². The fraction of sp³-hybridized carbons (Fsp3) is 0.619. The predicted molar refractivity (Wildman–Crippen MR) is 101 cm³/mol. The molecule has 1 N–H and O–H groups in total. The zero-order valence-electron chi connectivity index (χ0n) is 15.6. The Labute approximate surface area is 156 Å². The van der Waals surface area contributed by atoms with E-state index < -0.39 is 5.97 Å². The zero-order valence-corrected chi connectivity index (χ0v) is 15.6. The van der Waals surface area contributed by atoms with E-state index in [4.69, 9.17) is 0 Å². The van der Waals surface area contributed by atoms with Crippen molar-refractivity contribution in [1.29, 1.82) is 0 Å². The van der Waals surface area contributed by atoms with Gasteiger partial charge in [-0.25, -0.2) is 0 Å². The van der Waals surface area contributed by atoms with Crippen LogP contribution in [0, 0.1) is 17.8 Å². The standard InChI is InChI=1S/C21H30N2O3/c1-16-11-19(21(25)26)14-22(13-16)15-20(24)23-9-7-18(8-10-23)12-17-5-3-2-4-6-17/h2-6,16,18-19H,7-15H2,1H3,(H,25,26). The van der Waals surface area contributed by atoms with Gasteiger partial charge in [0.25, 0.3) is 0 Å². The van der Waals surface area contributed by atoms with E-state index in [9.17, 15) is 14.7 Å². The highest BCUT2D eigenvalue weighted by atomic mass is 16.4. The second-order valence-corrected chi connectivity index (χ2v) is 8.08. The topological polar surface area (TPSA) is 60.9 Å². The van der Waals surface area contributed by atoms with Crippen LogP contribution in [0.4, 0.5) is 0 Å². The molecule has 2 aliphatic heterocycles. The summed E-state index contributed by atoms with van der Waals surface area (Å²) in [6.45, 7) is 5.39. The monoisotopic (exact) mass is 358 g/mol. The molecule has 3 rings (SSSR count). The molecule has 1 aromatic carbocycles. The number of carbonyl (C=O) groups is 2. The highest BCUT2D eigenvalue weighted by molar-refractivity contribution is 5.78. The third-order valence-electron chi connectivity index (χ3n) is 5.78. The first-order valence-electron chi connectivity index (χ1n) is 9.78. The maximum atomic E-state index is 12.7. The molecular weight excluding hydrogens is 328 g/mol. The van der Waals surface area contributed by atoms with Gasteiger partial charge in [0.05, 0.1) is 12.5 Å². The van der Waals surface area contributed by atoms with Crippen molar-refractivity contribution in [3.05, 3.63) is 35.9 Å². The largest absolute Gasteiger partial charge is 0.481 e. The smallest absolute Gasteiger partial charge is 0.307 e. The summed E-state index contributed by atoms with van der Waals surface area (Å²) in [6, 6.07) is 10.6. The molecule has 1 aromatic rings. The summed E-state index contributed by atoms with van der Waals surface area (Å²) in [7, 11) is 0. The molecule has 2 fully saturated rings. The Morgan fingerprint density at radius 1 is 1.12 bits per heavy atom. The molecule has 2 aliphatic rings. The minimum Gasteiger partial charge on any atom is -0.481 e. The van der Waals surface area contributed by atoms with E-state index in [-0.39, 0.29) is 11.8 Å². The number of piperidine rings is 2. The van der Waals surface area contributed by atoms with E-state index in [1.807, 2.05) is 15.9 Å². The van der Waals surface area contributed by atoms with Gasteiger partial charge < -0.3 is 10.0 Å². The van der Waals surface area contributed by atoms with Crippen LogP contribution in [-0.4, -0.2) is 59.5 Å². The van der Waals surface area contributed by atoms with Crippen molar-refractivity contribution in [2.45, 2.75) is 32.6 Å². The molecule has 0 bridgehead atoms. The Kier molecular flexibility index (Phi) is 6.30. The Hall–Kier alpha value is -1.88. The lowest BCUT2D eigenvalue weighted by Gasteiger charge is -2.37. The van der Waals surface area contributed by atoms with Crippen LogP contribution < -0.4 is 0 Å². The zero-order chi connectivity index (χ0) is 18.5. The van der Waals surface area contributed by atoms with Crippen LogP contribution in [0.15, 0.2) is 30.3 Å². The molecule has 26 heavy (non-hydrogen) atoms. The number of rotatable bonds is 5. The van der Waals surface area contributed by atoms with Crippen molar-refractivity contribution in [3.63, 3.8) is 0 Å². The molecule has 0 aromatic heterocycles. The summed E-state index contributed by atoms with van der Waals surface area (Å²) >= 11 is 0. The SMILES string of the molecule is CC1CC(C(=O)O)CN(CC(=O)N2CCC(Cc3ccccc3)CC2)C1. The van der Waals surface area contributed by atoms with Crippen molar-refractivity contribution in [3.8, 4) is 0 Å². The van der Waals surface area contributed by atoms with Crippen molar-refractivity contribution >= 4 is 11.9 Å². The molecule has 5 nitrogen and oxygen atoms in total. The maximum absolute atomic E-state index is 12.7. The lowest BCUT2D eigenvalue weighted by Crippen LogP contribution is -2.49. The first-order chi connectivity index (χ1) is 12.5. The Morgan fingerprint density at radius 2 is 1.81 bits per heavy atom. The number of likely N-dealkylation sites (tertiary alicyclic amines) is 2. The Bertz CT molecular complexity index is 611. The van der Waals surface area contributed by atoms with Crippen LogP contribution in [0.2, 0.25) is 0 Å². The number of hydrogen-bond donors (Lipinski definition) is 1. The molecule has 2 atom stereocenters. The van der Waals surface area contributed by atoms with Gasteiger partial charge in [-0.3, -0.25) is 14.5 Å². The molecule has 2 unspecified atom stereocenters. The summed E-state index contributed by atoms with van der Waals surface area (Å²) < 4.78 is 0. The molecule has 1 amide bonds. The van der Waals surface area contributed by atoms with Crippen LogP contribution in [0.3, 0.4) is 0 Å². The van der Waals surface area contributed by atoms with Gasteiger partial charge in [-0.15, -0.1) is 0 Å². The van der Waals surface area contributed by atoms with Gasteiger partial charge in [0.2, 0.25) is 5.91 Å². The second-order valence-electron chi connectivity index (χ2n) is 8.08. The Balaban J connectivity index is 1.45. The highest BCUT2D eigenvalue weighted by Gasteiger charge is 2.31. The fourth-order valence-corrected chi connectivity index (χ4v) is 4.39. The van der Waals surface area contributed by atoms with Crippen LogP contribution in [-0.2, 0) is 16.0 Å². The molecule has 0 saturated carbocycles. The molecule has 2 saturated heterocycles. The van der Waals surface area contributed by atoms with Gasteiger partial charge in [-0.05, 0) is 43.1 Å². The lowest BCUT2D eigenvalue weighted by molar-refractivity contribution is -0.146. The van der Waals surface area contributed by atoms with Crippen LogP contribution in [0.25, 0.3) is 0 Å². The number of hydrogen-bond acceptors (Lipinski definition) is 3. The summed E-state index contributed by atoms with van der Waals surface area (Å²) in [5, 5.41) is 9.28. The first kappa shape index (κ1) is 18.9. The van der Waals surface area contributed by atoms with E-state index in [1.54, 1.807) is 0 Å². The lowest BCUT2D eigenvalue weighted by atomic mass is 9.89. The van der Waals surface area contributed by atoms with Crippen LogP contribution in [0.1, 0.15) is 31.7 Å². The molecule has 142 valence electrons. The fourth-order valence-electron chi connectivity index (χ4n) is 4.39. The van der Waals surface area contributed by atoms with E-state index >= 15 is 0 Å². The average molecular weight is 358 g/mol. The van der Waals surface area contributed by atoms with Gasteiger partial charge in [0, 0.05) is 26.2 Å². The van der Waals surface area contributed by atoms with Crippen LogP contribution in [0.5, 0.6) is 0 Å². The third kappa shape index (κ3) is 5.07. The summed E-state index contributed by atoms with van der Waals surface area (Å²) in [5.74, 6) is 0.0439. The molecule has 0 aliphatic carbocycles. The number of carboxylic acid groups (broad SMARTS) is 1. The summed E-state index contributed by atoms with van der Waals surface area (Å²) in [6.07, 6.45) is 3.90. The van der Waals surface area contributed by atoms with Gasteiger partial charge >= 0.3 is 5.97 Å². The van der Waals surface area contributed by atoms with E-state index in [2.05, 4.69) is 31.2 Å². The molecule has 0 radical (unpaired) electrons. The quantitative estimate of drug-likeness (QED) is 0.879. The summed E-state index contributed by atoms with van der Waals surface area (Å²) in [5.41, 5.74) is 1.37. The number of benzene rings is 1. The first-order valence-corrected chi connectivity index (χ1v) is 9.78. The normalized spacial score (nSPS) is 25.2. The minimum atomic E-state index is -0.740. The van der Waals surface area contributed by atoms with Gasteiger partial charge in [0.1, 0.15) is 0 Å². The average Bonchev–Trinajstić information content (AvgIpc) is 2.62. The molecule has 0 spiro atoms. The molecular formula is C21H30N2O3. The second kappa shape index (κ2) is 8.67. The minimum absolute atomic E-state index is 0.154.